The normalized spacial score (nSPS) is 12.1. The molecule has 0 spiro atoms. The molecular formula is C6H4F6O4. The van der Waals surface area contributed by atoms with Crippen molar-refractivity contribution in [3.05, 3.63) is 0 Å². The van der Waals surface area contributed by atoms with E-state index in [2.05, 4.69) is 9.47 Å². The molecule has 0 aliphatic rings. The summed E-state index contributed by atoms with van der Waals surface area (Å²) in [6, 6.07) is 0. The van der Waals surface area contributed by atoms with E-state index in [-0.39, 0.29) is 0 Å². The number of alkyl halides is 6. The maximum atomic E-state index is 11.4. The fourth-order valence-electron chi connectivity index (χ4n) is 0.564. The molecule has 4 nitrogen and oxygen atoms in total. The van der Waals surface area contributed by atoms with Crippen LogP contribution in [0.15, 0.2) is 0 Å². The van der Waals surface area contributed by atoms with Gasteiger partial charge in [-0.3, -0.25) is 9.59 Å². The predicted molar refractivity (Wildman–Crippen MR) is 33.5 cm³/mol. The van der Waals surface area contributed by atoms with Gasteiger partial charge in [-0.25, -0.2) is 0 Å². The Hall–Kier alpha value is -1.48. The first-order valence-electron chi connectivity index (χ1n) is 3.57. The summed E-state index contributed by atoms with van der Waals surface area (Å²) >= 11 is 0. The van der Waals surface area contributed by atoms with Gasteiger partial charge in [0.25, 0.3) is 0 Å². The number of hydrogen-bond acceptors (Lipinski definition) is 4. The minimum atomic E-state index is -5.23. The van der Waals surface area contributed by atoms with Crippen LogP contribution in [0.3, 0.4) is 0 Å². The molecule has 0 unspecified atom stereocenters. The van der Waals surface area contributed by atoms with Crippen LogP contribution in [-0.4, -0.2) is 24.7 Å². The van der Waals surface area contributed by atoms with Gasteiger partial charge in [0, 0.05) is 0 Å². The molecule has 0 saturated heterocycles. The van der Waals surface area contributed by atoms with Crippen molar-refractivity contribution in [1.29, 1.82) is 0 Å². The average Bonchev–Trinajstić information content (AvgIpc) is 1.94. The molecule has 0 heterocycles. The van der Waals surface area contributed by atoms with Crippen LogP contribution in [0.4, 0.5) is 26.3 Å². The Balaban J connectivity index is 3.90. The first-order chi connectivity index (χ1) is 6.99. The van der Waals surface area contributed by atoms with Crippen LogP contribution in [0.1, 0.15) is 12.8 Å². The number of hydrogen-bond donors (Lipinski definition) is 0. The molecule has 0 rings (SSSR count). The molecule has 94 valence electrons. The first-order valence-corrected chi connectivity index (χ1v) is 3.57. The van der Waals surface area contributed by atoms with Gasteiger partial charge in [0.15, 0.2) is 0 Å². The molecule has 0 aliphatic heterocycles. The Morgan fingerprint density at radius 1 is 0.750 bits per heavy atom. The molecule has 0 aromatic heterocycles. The van der Waals surface area contributed by atoms with Crippen LogP contribution in [0.25, 0.3) is 0 Å². The van der Waals surface area contributed by atoms with Crippen LogP contribution in [0.2, 0.25) is 0 Å². The monoisotopic (exact) mass is 254 g/mol. The van der Waals surface area contributed by atoms with Crippen molar-refractivity contribution in [2.24, 2.45) is 0 Å². The molecule has 0 amide bonds. The highest BCUT2D eigenvalue weighted by Gasteiger charge is 2.36. The molecule has 0 saturated carbocycles. The molecule has 0 aromatic carbocycles. The van der Waals surface area contributed by atoms with Crippen molar-refractivity contribution in [2.45, 2.75) is 25.6 Å². The lowest BCUT2D eigenvalue weighted by Gasteiger charge is -2.08. The topological polar surface area (TPSA) is 52.6 Å². The zero-order chi connectivity index (χ0) is 13.0. The van der Waals surface area contributed by atoms with Crippen molar-refractivity contribution in [1.82, 2.24) is 0 Å². The maximum absolute atomic E-state index is 11.4. The third-order valence-corrected chi connectivity index (χ3v) is 0.992. The number of halogens is 6. The summed E-state index contributed by atoms with van der Waals surface area (Å²) in [5.41, 5.74) is 0. The summed E-state index contributed by atoms with van der Waals surface area (Å²) in [4.78, 5) is 20.6. The molecular weight excluding hydrogens is 250 g/mol. The lowest BCUT2D eigenvalue weighted by atomic mass is 10.3. The second-order valence-electron chi connectivity index (χ2n) is 2.34. The molecule has 0 radical (unpaired) electrons. The SMILES string of the molecule is O=C(CCC(=O)OC(F)(F)F)OC(F)(F)F. The summed E-state index contributed by atoms with van der Waals surface area (Å²) in [5.74, 6) is -3.74. The molecule has 0 fully saturated rings. The van der Waals surface area contributed by atoms with Crippen LogP contribution in [-0.2, 0) is 19.1 Å². The van der Waals surface area contributed by atoms with Gasteiger partial charge < -0.3 is 9.47 Å². The molecule has 16 heavy (non-hydrogen) atoms. The van der Waals surface area contributed by atoms with E-state index in [1.807, 2.05) is 0 Å². The Kier molecular flexibility index (Phi) is 4.57. The highest BCUT2D eigenvalue weighted by molar-refractivity contribution is 5.77. The van der Waals surface area contributed by atoms with Gasteiger partial charge in [-0.05, 0) is 0 Å². The Morgan fingerprint density at radius 3 is 1.19 bits per heavy atom. The van der Waals surface area contributed by atoms with E-state index < -0.39 is 37.5 Å². The third kappa shape index (κ3) is 9.09. The van der Waals surface area contributed by atoms with Gasteiger partial charge in [-0.15, -0.1) is 26.3 Å². The average molecular weight is 254 g/mol. The van der Waals surface area contributed by atoms with Gasteiger partial charge in [-0.2, -0.15) is 0 Å². The first kappa shape index (κ1) is 14.5. The zero-order valence-electron chi connectivity index (χ0n) is 7.31. The number of carbonyl (C=O) groups is 2. The van der Waals surface area contributed by atoms with E-state index in [0.717, 1.165) is 0 Å². The lowest BCUT2D eigenvalue weighted by molar-refractivity contribution is -0.310. The number of ether oxygens (including phenoxy) is 2. The number of carbonyl (C=O) groups excluding carboxylic acids is 2. The van der Waals surface area contributed by atoms with Crippen molar-refractivity contribution < 1.29 is 45.4 Å². The summed E-state index contributed by atoms with van der Waals surface area (Å²) in [5, 5.41) is 0. The van der Waals surface area contributed by atoms with Crippen LogP contribution < -0.4 is 0 Å². The molecule has 0 aromatic rings. The summed E-state index contributed by atoms with van der Waals surface area (Å²) in [6.45, 7) is 0. The fraction of sp³-hybridized carbons (Fsp3) is 0.667. The van der Waals surface area contributed by atoms with E-state index in [9.17, 15) is 35.9 Å². The smallest absolute Gasteiger partial charge is 0.373 e. The standard InChI is InChI=1S/C6H4F6O4/c7-5(8,9)15-3(13)1-2-4(14)16-6(10,11)12/h1-2H2. The van der Waals surface area contributed by atoms with Crippen molar-refractivity contribution >= 4 is 11.9 Å². The molecule has 0 N–H and O–H groups in total. The van der Waals surface area contributed by atoms with Crippen molar-refractivity contribution in [2.75, 3.05) is 0 Å². The Labute approximate surface area is 84.1 Å². The van der Waals surface area contributed by atoms with E-state index in [1.165, 1.54) is 0 Å². The van der Waals surface area contributed by atoms with Gasteiger partial charge in [-0.1, -0.05) is 0 Å². The quantitative estimate of drug-likeness (QED) is 0.570. The zero-order valence-corrected chi connectivity index (χ0v) is 7.31. The Bertz CT molecular complexity index is 239. The lowest BCUT2D eigenvalue weighted by Crippen LogP contribution is -2.22. The highest BCUT2D eigenvalue weighted by atomic mass is 19.4. The molecule has 0 aliphatic carbocycles. The van der Waals surface area contributed by atoms with Crippen LogP contribution >= 0.6 is 0 Å². The number of rotatable bonds is 3. The molecule has 10 heteroatoms. The van der Waals surface area contributed by atoms with Crippen LogP contribution in [0, 0.1) is 0 Å². The minimum Gasteiger partial charge on any atom is -0.373 e. The predicted octanol–water partition coefficient (Wildman–Crippen LogP) is 1.89. The second-order valence-corrected chi connectivity index (χ2v) is 2.34. The Morgan fingerprint density at radius 2 is 1.00 bits per heavy atom. The van der Waals surface area contributed by atoms with Crippen molar-refractivity contribution in [3.8, 4) is 0 Å². The van der Waals surface area contributed by atoms with Gasteiger partial charge in [0.1, 0.15) is 0 Å². The minimum absolute atomic E-state index is 1.16. The van der Waals surface area contributed by atoms with Gasteiger partial charge in [0.2, 0.25) is 0 Å². The largest absolute Gasteiger partial charge is 0.575 e. The summed E-state index contributed by atoms with van der Waals surface area (Å²) in [6.07, 6.45) is -12.8. The second kappa shape index (κ2) is 5.03. The van der Waals surface area contributed by atoms with E-state index in [1.54, 1.807) is 0 Å². The van der Waals surface area contributed by atoms with E-state index in [4.69, 9.17) is 0 Å². The molecule has 0 bridgehead atoms. The number of esters is 2. The van der Waals surface area contributed by atoms with Gasteiger partial charge in [0.05, 0.1) is 12.8 Å². The van der Waals surface area contributed by atoms with E-state index in [0.29, 0.717) is 0 Å². The summed E-state index contributed by atoms with van der Waals surface area (Å²) in [7, 11) is 0. The molecule has 0 atom stereocenters. The highest BCUT2D eigenvalue weighted by Crippen LogP contribution is 2.19. The van der Waals surface area contributed by atoms with Crippen LogP contribution in [0.5, 0.6) is 0 Å². The fourth-order valence-corrected chi connectivity index (χ4v) is 0.564. The van der Waals surface area contributed by atoms with Gasteiger partial charge >= 0.3 is 24.7 Å². The maximum Gasteiger partial charge on any atom is 0.575 e. The van der Waals surface area contributed by atoms with E-state index >= 15 is 0 Å². The van der Waals surface area contributed by atoms with Crippen molar-refractivity contribution in [3.63, 3.8) is 0 Å². The third-order valence-electron chi connectivity index (χ3n) is 0.992. The summed E-state index contributed by atoms with van der Waals surface area (Å²) < 4.78 is 73.8.